The molecule has 0 amide bonds. The molecule has 2 aliphatic rings. The molecule has 132 valence electrons. The van der Waals surface area contributed by atoms with Gasteiger partial charge in [-0.05, 0) is 24.1 Å². The lowest BCUT2D eigenvalue weighted by Gasteiger charge is -2.32. The van der Waals surface area contributed by atoms with Crippen molar-refractivity contribution >= 4 is 11.3 Å². The summed E-state index contributed by atoms with van der Waals surface area (Å²) >= 11 is 1.85. The third kappa shape index (κ3) is 2.83. The second-order valence-corrected chi connectivity index (χ2v) is 8.20. The van der Waals surface area contributed by atoms with Gasteiger partial charge in [0.1, 0.15) is 10.8 Å². The Morgan fingerprint density at radius 1 is 1.12 bits per heavy atom. The Kier molecular flexibility index (Phi) is 4.03. The molecule has 0 bridgehead atoms. The van der Waals surface area contributed by atoms with Crippen molar-refractivity contribution in [3.05, 3.63) is 70.2 Å². The van der Waals surface area contributed by atoms with Crippen LogP contribution in [0.3, 0.4) is 0 Å². The molecule has 1 aromatic heterocycles. The molecule has 3 heterocycles. The van der Waals surface area contributed by atoms with E-state index >= 15 is 0 Å². The van der Waals surface area contributed by atoms with Gasteiger partial charge >= 0.3 is 0 Å². The van der Waals surface area contributed by atoms with Crippen molar-refractivity contribution in [1.82, 2.24) is 9.88 Å². The van der Waals surface area contributed by atoms with E-state index in [1.54, 1.807) is 0 Å². The predicted molar refractivity (Wildman–Crippen MR) is 106 cm³/mol. The van der Waals surface area contributed by atoms with Gasteiger partial charge in [0.15, 0.2) is 0 Å². The summed E-state index contributed by atoms with van der Waals surface area (Å²) in [6, 6.07) is 17.7. The first-order valence-electron chi connectivity index (χ1n) is 9.31. The first kappa shape index (κ1) is 16.0. The molecule has 5 rings (SSSR count). The fourth-order valence-electron chi connectivity index (χ4n) is 3.90. The fraction of sp³-hybridized carbons (Fsp3) is 0.318. The van der Waals surface area contributed by atoms with Gasteiger partial charge in [-0.2, -0.15) is 0 Å². The third-order valence-electron chi connectivity index (χ3n) is 5.53. The van der Waals surface area contributed by atoms with E-state index in [1.807, 2.05) is 11.3 Å². The van der Waals surface area contributed by atoms with Crippen molar-refractivity contribution in [2.24, 2.45) is 0 Å². The van der Waals surface area contributed by atoms with Gasteiger partial charge in [-0.25, -0.2) is 4.98 Å². The average molecular weight is 362 g/mol. The third-order valence-corrected chi connectivity index (χ3v) is 6.66. The van der Waals surface area contributed by atoms with Crippen LogP contribution < -0.4 is 4.74 Å². The fourth-order valence-corrected chi connectivity index (χ4v) is 5.04. The molecule has 2 aromatic carbocycles. The van der Waals surface area contributed by atoms with Crippen molar-refractivity contribution in [2.75, 3.05) is 13.2 Å². The SMILES string of the molecule is CC(c1ccc2c(c1)OCC2)N1CCc2nc(-c3ccccc3)sc2C1. The number of rotatable bonds is 3. The maximum atomic E-state index is 5.76. The molecule has 0 aliphatic carbocycles. The number of nitrogens with zero attached hydrogens (tertiary/aromatic N) is 2. The second-order valence-electron chi connectivity index (χ2n) is 7.12. The van der Waals surface area contributed by atoms with Gasteiger partial charge in [0.05, 0.1) is 12.3 Å². The minimum absolute atomic E-state index is 0.389. The molecular weight excluding hydrogens is 340 g/mol. The topological polar surface area (TPSA) is 25.4 Å². The lowest BCUT2D eigenvalue weighted by atomic mass is 10.0. The minimum atomic E-state index is 0.389. The smallest absolute Gasteiger partial charge is 0.123 e. The highest BCUT2D eigenvalue weighted by Crippen LogP contribution is 2.36. The summed E-state index contributed by atoms with van der Waals surface area (Å²) in [4.78, 5) is 8.88. The van der Waals surface area contributed by atoms with Crippen LogP contribution in [0, 0.1) is 0 Å². The van der Waals surface area contributed by atoms with Gasteiger partial charge in [-0.3, -0.25) is 4.90 Å². The summed E-state index contributed by atoms with van der Waals surface area (Å²) in [5.74, 6) is 1.08. The Morgan fingerprint density at radius 3 is 2.88 bits per heavy atom. The van der Waals surface area contributed by atoms with E-state index in [-0.39, 0.29) is 0 Å². The van der Waals surface area contributed by atoms with Crippen LogP contribution in [0.2, 0.25) is 0 Å². The number of hydrogen-bond acceptors (Lipinski definition) is 4. The first-order valence-corrected chi connectivity index (χ1v) is 10.1. The zero-order valence-corrected chi connectivity index (χ0v) is 15.8. The predicted octanol–water partition coefficient (Wildman–Crippen LogP) is 4.86. The van der Waals surface area contributed by atoms with Crippen molar-refractivity contribution < 1.29 is 4.74 Å². The Bertz CT molecular complexity index is 935. The van der Waals surface area contributed by atoms with Crippen LogP contribution in [0.4, 0.5) is 0 Å². The van der Waals surface area contributed by atoms with Gasteiger partial charge in [0.2, 0.25) is 0 Å². The summed E-state index contributed by atoms with van der Waals surface area (Å²) in [6.07, 6.45) is 2.07. The largest absolute Gasteiger partial charge is 0.493 e. The van der Waals surface area contributed by atoms with Crippen LogP contribution in [0.25, 0.3) is 10.6 Å². The standard InChI is InChI=1S/C22H22N2OS/c1-15(18-8-7-16-10-12-25-20(16)13-18)24-11-9-19-21(14-24)26-22(23-19)17-5-3-2-4-6-17/h2-8,13,15H,9-12,14H2,1H3. The van der Waals surface area contributed by atoms with Gasteiger partial charge in [-0.15, -0.1) is 11.3 Å². The quantitative estimate of drug-likeness (QED) is 0.665. The van der Waals surface area contributed by atoms with Crippen LogP contribution in [0.15, 0.2) is 48.5 Å². The highest BCUT2D eigenvalue weighted by molar-refractivity contribution is 7.15. The highest BCUT2D eigenvalue weighted by atomic mass is 32.1. The molecule has 0 saturated carbocycles. The monoisotopic (exact) mass is 362 g/mol. The van der Waals surface area contributed by atoms with Crippen LogP contribution in [0.1, 0.15) is 34.7 Å². The van der Waals surface area contributed by atoms with E-state index in [0.29, 0.717) is 6.04 Å². The molecular formula is C22H22N2OS. The molecule has 1 atom stereocenters. The normalized spacial score (nSPS) is 17.4. The molecule has 0 saturated heterocycles. The molecule has 0 N–H and O–H groups in total. The van der Waals surface area contributed by atoms with Crippen LogP contribution in [-0.4, -0.2) is 23.0 Å². The van der Waals surface area contributed by atoms with Crippen molar-refractivity contribution in [3.63, 3.8) is 0 Å². The van der Waals surface area contributed by atoms with Crippen LogP contribution in [-0.2, 0) is 19.4 Å². The number of aromatic nitrogens is 1. The van der Waals surface area contributed by atoms with Crippen molar-refractivity contribution in [1.29, 1.82) is 0 Å². The average Bonchev–Trinajstić information content (AvgIpc) is 3.33. The number of ether oxygens (including phenoxy) is 1. The Balaban J connectivity index is 1.38. The minimum Gasteiger partial charge on any atom is -0.493 e. The van der Waals surface area contributed by atoms with E-state index in [2.05, 4.69) is 60.4 Å². The van der Waals surface area contributed by atoms with Gasteiger partial charge in [0.25, 0.3) is 0 Å². The Morgan fingerprint density at radius 2 is 2.00 bits per heavy atom. The second kappa shape index (κ2) is 6.53. The first-order chi connectivity index (χ1) is 12.8. The maximum absolute atomic E-state index is 5.76. The van der Waals surface area contributed by atoms with Gasteiger partial charge in [-0.1, -0.05) is 42.5 Å². The van der Waals surface area contributed by atoms with E-state index in [1.165, 1.54) is 27.3 Å². The zero-order valence-electron chi connectivity index (χ0n) is 14.9. The molecule has 3 nitrogen and oxygen atoms in total. The molecule has 0 radical (unpaired) electrons. The van der Waals surface area contributed by atoms with Crippen LogP contribution >= 0.6 is 11.3 Å². The number of fused-ring (bicyclic) bond motifs is 2. The lowest BCUT2D eigenvalue weighted by molar-refractivity contribution is 0.193. The summed E-state index contributed by atoms with van der Waals surface area (Å²) in [5, 5.41) is 1.15. The van der Waals surface area contributed by atoms with Crippen molar-refractivity contribution in [3.8, 4) is 16.3 Å². The van der Waals surface area contributed by atoms with E-state index < -0.39 is 0 Å². The molecule has 0 spiro atoms. The number of benzene rings is 2. The number of thiazole rings is 1. The highest BCUT2D eigenvalue weighted by Gasteiger charge is 2.26. The van der Waals surface area contributed by atoms with Crippen molar-refractivity contribution in [2.45, 2.75) is 32.4 Å². The molecule has 0 fully saturated rings. The molecule has 2 aliphatic heterocycles. The molecule has 4 heteroatoms. The molecule has 26 heavy (non-hydrogen) atoms. The van der Waals surface area contributed by atoms with Crippen LogP contribution in [0.5, 0.6) is 5.75 Å². The molecule has 1 unspecified atom stereocenters. The maximum Gasteiger partial charge on any atom is 0.123 e. The summed E-state index contributed by atoms with van der Waals surface area (Å²) in [6.45, 7) is 5.17. The zero-order chi connectivity index (χ0) is 17.5. The number of hydrogen-bond donors (Lipinski definition) is 0. The Hall–Kier alpha value is -2.17. The Labute approximate surface area is 158 Å². The molecule has 3 aromatic rings. The van der Waals surface area contributed by atoms with Gasteiger partial charge in [0, 0.05) is 42.4 Å². The summed E-state index contributed by atoms with van der Waals surface area (Å²) < 4.78 is 5.76. The lowest BCUT2D eigenvalue weighted by Crippen LogP contribution is -2.32. The van der Waals surface area contributed by atoms with Gasteiger partial charge < -0.3 is 4.74 Å². The van der Waals surface area contributed by atoms with E-state index in [0.717, 1.165) is 43.3 Å². The summed E-state index contributed by atoms with van der Waals surface area (Å²) in [5.41, 5.74) is 5.20. The van der Waals surface area contributed by atoms with E-state index in [9.17, 15) is 0 Å². The van der Waals surface area contributed by atoms with E-state index in [4.69, 9.17) is 9.72 Å². The summed E-state index contributed by atoms with van der Waals surface area (Å²) in [7, 11) is 0.